The number of anilines is 2. The third kappa shape index (κ3) is 5.95. The minimum atomic E-state index is -0.325. The molecule has 0 fully saturated rings. The van der Waals surface area contributed by atoms with Crippen molar-refractivity contribution in [2.45, 2.75) is 103 Å². The Kier molecular flexibility index (Phi) is 8.91. The summed E-state index contributed by atoms with van der Waals surface area (Å²) >= 11 is 0. The fourth-order valence-electron chi connectivity index (χ4n) is 14.0. The highest BCUT2D eigenvalue weighted by molar-refractivity contribution is 6.30. The summed E-state index contributed by atoms with van der Waals surface area (Å²) in [6, 6.07) is 43.1. The Balaban J connectivity index is 1.04. The molecule has 0 spiro atoms. The van der Waals surface area contributed by atoms with Crippen molar-refractivity contribution in [2.24, 2.45) is 0 Å². The van der Waals surface area contributed by atoms with Crippen molar-refractivity contribution < 1.29 is 8.83 Å². The standard InChI is InChI=1S/C66H60N2O4/c1-63(2)25-29-67-31-27-65(5,6)55-57(67)49(63)35-37-33-47(61(69)71-59(37)55)51-39-17-9-13-21-43(39)53(44-22-14-10-18-40(44)51)54-45-23-15-11-19-41(45)52(42-20-12-16-24-46(42)54)48-34-38-36-50-58-56(60(38)72-62(48)70)66(7,8)28-32-68(58)30-26-64(50,3)4/h9-24,33-36H,25-32H2,1-8H3. The minimum Gasteiger partial charge on any atom is -0.422 e. The topological polar surface area (TPSA) is 66.9 Å². The predicted molar refractivity (Wildman–Crippen MR) is 300 cm³/mol. The van der Waals surface area contributed by atoms with Crippen molar-refractivity contribution in [3.63, 3.8) is 0 Å². The van der Waals surface area contributed by atoms with Crippen molar-refractivity contribution in [3.8, 4) is 33.4 Å². The average molecular weight is 945 g/mol. The molecule has 6 heteroatoms. The largest absolute Gasteiger partial charge is 0.422 e. The van der Waals surface area contributed by atoms with Crippen LogP contribution in [0.3, 0.4) is 0 Å². The lowest BCUT2D eigenvalue weighted by Gasteiger charge is -2.48. The van der Waals surface area contributed by atoms with Gasteiger partial charge in [0.05, 0.1) is 11.1 Å². The van der Waals surface area contributed by atoms with Crippen LogP contribution in [0.1, 0.15) is 103 Å². The van der Waals surface area contributed by atoms with Gasteiger partial charge in [0.25, 0.3) is 0 Å². The first-order chi connectivity index (χ1) is 34.5. The van der Waals surface area contributed by atoms with Crippen LogP contribution in [0.4, 0.5) is 11.4 Å². The monoisotopic (exact) mass is 944 g/mol. The van der Waals surface area contributed by atoms with Gasteiger partial charge in [-0.3, -0.25) is 0 Å². The van der Waals surface area contributed by atoms with Crippen molar-refractivity contribution in [2.75, 3.05) is 36.0 Å². The third-order valence-electron chi connectivity index (χ3n) is 18.1. The van der Waals surface area contributed by atoms with E-state index in [0.717, 1.165) is 128 Å². The predicted octanol–water partition coefficient (Wildman–Crippen LogP) is 15.9. The van der Waals surface area contributed by atoms with E-state index in [1.807, 2.05) is 0 Å². The van der Waals surface area contributed by atoms with Crippen molar-refractivity contribution in [3.05, 3.63) is 164 Å². The summed E-state index contributed by atoms with van der Waals surface area (Å²) in [7, 11) is 0. The summed E-state index contributed by atoms with van der Waals surface area (Å²) in [5.74, 6) is 0. The number of nitrogens with zero attached hydrogens (tertiary/aromatic N) is 2. The van der Waals surface area contributed by atoms with E-state index in [4.69, 9.17) is 8.83 Å². The van der Waals surface area contributed by atoms with E-state index in [-0.39, 0.29) is 32.9 Å². The Morgan fingerprint density at radius 1 is 0.375 bits per heavy atom. The van der Waals surface area contributed by atoms with Crippen molar-refractivity contribution in [1.82, 2.24) is 0 Å². The van der Waals surface area contributed by atoms with Crippen molar-refractivity contribution >= 4 is 76.4 Å². The molecule has 72 heavy (non-hydrogen) atoms. The molecule has 8 aromatic carbocycles. The molecule has 2 aromatic heterocycles. The first-order valence-corrected chi connectivity index (χ1v) is 26.2. The van der Waals surface area contributed by atoms with Crippen LogP contribution in [0.15, 0.2) is 140 Å². The van der Waals surface area contributed by atoms with Gasteiger partial charge in [0.2, 0.25) is 0 Å². The van der Waals surface area contributed by atoms with Gasteiger partial charge >= 0.3 is 11.3 Å². The molecule has 14 rings (SSSR count). The zero-order valence-electron chi connectivity index (χ0n) is 42.7. The van der Waals surface area contributed by atoms with E-state index < -0.39 is 0 Å². The Morgan fingerprint density at radius 3 is 0.958 bits per heavy atom. The van der Waals surface area contributed by atoms with Gasteiger partial charge in [-0.1, -0.05) is 152 Å². The second-order valence-electron chi connectivity index (χ2n) is 24.2. The highest BCUT2D eigenvalue weighted by atomic mass is 16.4. The molecule has 0 aliphatic carbocycles. The van der Waals surface area contributed by atoms with Crippen LogP contribution in [0.2, 0.25) is 0 Å². The van der Waals surface area contributed by atoms with E-state index in [0.29, 0.717) is 22.3 Å². The van der Waals surface area contributed by atoms with Gasteiger partial charge in [0.1, 0.15) is 11.2 Å². The number of rotatable bonds is 3. The maximum Gasteiger partial charge on any atom is 0.344 e. The molecule has 0 N–H and O–H groups in total. The van der Waals surface area contributed by atoms with Gasteiger partial charge in [-0.2, -0.15) is 0 Å². The Labute approximate surface area is 419 Å². The van der Waals surface area contributed by atoms with Gasteiger partial charge in [-0.25, -0.2) is 9.59 Å². The fourth-order valence-corrected chi connectivity index (χ4v) is 14.0. The molecule has 6 nitrogen and oxygen atoms in total. The minimum absolute atomic E-state index is 0.0229. The Hall–Kier alpha value is -7.18. The average Bonchev–Trinajstić information content (AvgIpc) is 3.35. The van der Waals surface area contributed by atoms with Gasteiger partial charge in [0.15, 0.2) is 0 Å². The molecule has 6 heterocycles. The third-order valence-corrected chi connectivity index (χ3v) is 18.1. The number of hydrogen-bond donors (Lipinski definition) is 0. The molecule has 358 valence electrons. The molecule has 0 atom stereocenters. The first kappa shape index (κ1) is 43.6. The first-order valence-electron chi connectivity index (χ1n) is 26.2. The summed E-state index contributed by atoms with van der Waals surface area (Å²) in [6.07, 6.45) is 4.15. The van der Waals surface area contributed by atoms with Crippen LogP contribution >= 0.6 is 0 Å². The molecule has 4 aliphatic heterocycles. The van der Waals surface area contributed by atoms with E-state index >= 15 is 0 Å². The summed E-state index contributed by atoms with van der Waals surface area (Å²) in [4.78, 5) is 35.0. The van der Waals surface area contributed by atoms with Crippen LogP contribution in [0.5, 0.6) is 0 Å². The SMILES string of the molecule is CC1(C)CCN2CCC(C)(C)c3c2c1cc1cc(-c2c4ccccc4c(-c4c5ccccc5c(-c5cc6cc7c8c(c6oc5=O)C(C)(C)CCN8CCC7(C)C)c5ccccc45)c4ccccc24)c(=O)oc31. The number of fused-ring (bicyclic) bond motifs is 8. The van der Waals surface area contributed by atoms with Gasteiger partial charge < -0.3 is 18.6 Å². The van der Waals surface area contributed by atoms with Crippen LogP contribution < -0.4 is 21.1 Å². The van der Waals surface area contributed by atoms with Crippen LogP contribution in [0, 0.1) is 0 Å². The van der Waals surface area contributed by atoms with Crippen LogP contribution in [-0.2, 0) is 21.7 Å². The summed E-state index contributed by atoms with van der Waals surface area (Å²) < 4.78 is 13.4. The second-order valence-corrected chi connectivity index (χ2v) is 24.2. The highest BCUT2D eigenvalue weighted by Gasteiger charge is 2.44. The highest BCUT2D eigenvalue weighted by Crippen LogP contribution is 2.55. The van der Waals surface area contributed by atoms with Crippen LogP contribution in [-0.4, -0.2) is 26.2 Å². The van der Waals surface area contributed by atoms with E-state index in [9.17, 15) is 9.59 Å². The molecule has 0 saturated heterocycles. The lowest BCUT2D eigenvalue weighted by Crippen LogP contribution is -2.44. The van der Waals surface area contributed by atoms with Gasteiger partial charge in [-0.15, -0.1) is 0 Å². The van der Waals surface area contributed by atoms with Crippen molar-refractivity contribution in [1.29, 1.82) is 0 Å². The summed E-state index contributed by atoms with van der Waals surface area (Å²) in [6.45, 7) is 22.7. The lowest BCUT2D eigenvalue weighted by atomic mass is 9.69. The normalized spacial score (nSPS) is 18.3. The Morgan fingerprint density at radius 2 is 0.653 bits per heavy atom. The fraction of sp³-hybridized carbons (Fsp3) is 0.303. The molecule has 10 aromatic rings. The number of hydrogen-bond acceptors (Lipinski definition) is 6. The molecular formula is C66H60N2O4. The van der Waals surface area contributed by atoms with Gasteiger partial charge in [-0.05, 0) is 137 Å². The second kappa shape index (κ2) is 14.7. The molecule has 0 radical (unpaired) electrons. The molecule has 4 aliphatic rings. The molecular weight excluding hydrogens is 885 g/mol. The quantitative estimate of drug-likeness (QED) is 0.130. The van der Waals surface area contributed by atoms with E-state index in [1.165, 1.54) is 33.6 Å². The Bertz CT molecular complexity index is 3800. The maximum absolute atomic E-state index is 15.0. The van der Waals surface area contributed by atoms with E-state index in [2.05, 4.69) is 187 Å². The summed E-state index contributed by atoms with van der Waals surface area (Å²) in [5.41, 5.74) is 13.0. The van der Waals surface area contributed by atoms with E-state index in [1.54, 1.807) is 0 Å². The molecule has 0 unspecified atom stereocenters. The molecule has 0 saturated carbocycles. The smallest absolute Gasteiger partial charge is 0.344 e. The lowest BCUT2D eigenvalue weighted by molar-refractivity contribution is 0.398. The number of benzene rings is 8. The zero-order valence-corrected chi connectivity index (χ0v) is 42.7. The zero-order chi connectivity index (χ0) is 49.4. The maximum atomic E-state index is 15.0. The van der Waals surface area contributed by atoms with Crippen LogP contribution in [0.25, 0.3) is 98.4 Å². The van der Waals surface area contributed by atoms with Gasteiger partial charge in [0, 0.05) is 70.6 Å². The summed E-state index contributed by atoms with van der Waals surface area (Å²) in [5, 5.41) is 10.0. The molecule has 0 amide bonds. The molecule has 0 bridgehead atoms.